The molecule has 0 bridgehead atoms. The summed E-state index contributed by atoms with van der Waals surface area (Å²) in [5, 5.41) is 43.0. The van der Waals surface area contributed by atoms with Gasteiger partial charge in [-0.1, -0.05) is 25.7 Å². The van der Waals surface area contributed by atoms with Crippen LogP contribution in [0.3, 0.4) is 0 Å². The molecule has 5 nitrogen and oxygen atoms in total. The first-order chi connectivity index (χ1) is 9.02. The van der Waals surface area contributed by atoms with Crippen LogP contribution in [0.1, 0.15) is 58.3 Å². The van der Waals surface area contributed by atoms with Crippen LogP contribution in [0.2, 0.25) is 0 Å². The zero-order valence-corrected chi connectivity index (χ0v) is 17.5. The Morgan fingerprint density at radius 1 is 0.682 bits per heavy atom. The van der Waals surface area contributed by atoms with E-state index in [1.807, 2.05) is 0 Å². The van der Waals surface area contributed by atoms with Crippen LogP contribution in [0.4, 0.5) is 0 Å². The molecule has 2 aliphatic rings. The van der Waals surface area contributed by atoms with Crippen molar-refractivity contribution < 1.29 is 20.4 Å². The second-order valence-electron chi connectivity index (χ2n) is 5.06. The van der Waals surface area contributed by atoms with Gasteiger partial charge in [0.2, 0.25) is 0 Å². The molecule has 0 aromatic rings. The molecule has 0 heterocycles. The molecule has 0 unspecified atom stereocenters. The molecule has 4 N–H and O–H groups in total. The third-order valence-corrected chi connectivity index (χ3v) is 3.39. The van der Waals surface area contributed by atoms with Crippen molar-refractivity contribution in [3.05, 3.63) is 0 Å². The average molecular weight is 476 g/mol. The maximum absolute atomic E-state index is 8.93. The third kappa shape index (κ3) is 15.6. The van der Waals surface area contributed by atoms with E-state index in [0.717, 1.165) is 51.4 Å². The Kier molecular flexibility index (Phi) is 27.4. The van der Waals surface area contributed by atoms with Gasteiger partial charge >= 0.3 is 23.7 Å². The Morgan fingerprint density at radius 3 is 0.909 bits per heavy atom. The van der Waals surface area contributed by atoms with Crippen LogP contribution < -0.4 is 0 Å². The zero-order chi connectivity index (χ0) is 14.7. The van der Waals surface area contributed by atoms with Crippen molar-refractivity contribution in [1.29, 1.82) is 5.26 Å². The van der Waals surface area contributed by atoms with Crippen molar-refractivity contribution in [1.82, 2.24) is 0 Å². The fraction of sp³-hybridized carbons (Fsp3) is 0.929. The molecular weight excluding hydrogens is 445 g/mol. The number of aliphatic hydroxyl groups excluding tert-OH is 4. The Labute approximate surface area is 162 Å². The second kappa shape index (κ2) is 19.7. The molecule has 2 rings (SSSR count). The van der Waals surface area contributed by atoms with Gasteiger partial charge in [-0.2, -0.15) is 5.26 Å². The van der Waals surface area contributed by atoms with Gasteiger partial charge in [0.25, 0.3) is 0 Å². The quantitative estimate of drug-likeness (QED) is 0.392. The molecule has 0 saturated heterocycles. The number of halogens is 2. The SMILES string of the molecule is CC#N.Cl.Cl.O[C@@H]1CCCC[C@@H]1O.O[C@@H]1CCCC[C@@H]1O.[TeH2]. The van der Waals surface area contributed by atoms with Crippen molar-refractivity contribution in [3.63, 3.8) is 0 Å². The topological polar surface area (TPSA) is 105 Å². The summed E-state index contributed by atoms with van der Waals surface area (Å²) in [7, 11) is 0. The number of aliphatic hydroxyl groups is 4. The minimum atomic E-state index is -0.441. The van der Waals surface area contributed by atoms with E-state index in [0.29, 0.717) is 0 Å². The summed E-state index contributed by atoms with van der Waals surface area (Å²) in [6.07, 6.45) is 5.62. The molecular formula is C14H31Cl2NO4Te. The van der Waals surface area contributed by atoms with Crippen LogP contribution in [0, 0.1) is 11.3 Å². The molecule has 136 valence electrons. The van der Waals surface area contributed by atoms with Crippen molar-refractivity contribution in [2.75, 3.05) is 0 Å². The standard InChI is InChI=1S/2C6H12O2.C2H3N.2ClH.H2Te/c2*7-5-3-1-2-4-6(5)8;1-2-3;;;/h2*5-8H,1-4H2;1H3;2*1H;1H2/t2*5-,6+;;;;. The molecule has 4 atom stereocenters. The Hall–Kier alpha value is 0.700. The summed E-state index contributed by atoms with van der Waals surface area (Å²) in [4.78, 5) is 0. The maximum atomic E-state index is 8.93. The Morgan fingerprint density at radius 2 is 0.818 bits per heavy atom. The first kappa shape index (κ1) is 30.6. The fourth-order valence-corrected chi connectivity index (χ4v) is 2.18. The zero-order valence-electron chi connectivity index (χ0n) is 13.0. The first-order valence-electron chi connectivity index (χ1n) is 7.06. The number of nitrogens with zero attached hydrogens (tertiary/aromatic N) is 1. The molecule has 0 aromatic carbocycles. The van der Waals surface area contributed by atoms with Gasteiger partial charge in [0.1, 0.15) is 0 Å². The van der Waals surface area contributed by atoms with Crippen molar-refractivity contribution in [2.45, 2.75) is 82.7 Å². The van der Waals surface area contributed by atoms with Crippen LogP contribution in [-0.4, -0.2) is 68.5 Å². The van der Waals surface area contributed by atoms with E-state index in [2.05, 4.69) is 0 Å². The van der Waals surface area contributed by atoms with E-state index in [4.69, 9.17) is 25.7 Å². The monoisotopic (exact) mass is 477 g/mol. The summed E-state index contributed by atoms with van der Waals surface area (Å²) >= 11 is 0. The van der Waals surface area contributed by atoms with E-state index < -0.39 is 24.4 Å². The molecule has 2 saturated carbocycles. The second-order valence-corrected chi connectivity index (χ2v) is 5.06. The number of hydrogen-bond donors (Lipinski definition) is 4. The fourth-order valence-electron chi connectivity index (χ4n) is 2.18. The van der Waals surface area contributed by atoms with E-state index in [-0.39, 0.29) is 48.5 Å². The van der Waals surface area contributed by atoms with Crippen LogP contribution in [0.25, 0.3) is 0 Å². The molecule has 8 heteroatoms. The molecule has 0 radical (unpaired) electrons. The van der Waals surface area contributed by atoms with Gasteiger partial charge in [0.15, 0.2) is 0 Å². The molecule has 0 aromatic heterocycles. The molecule has 0 spiro atoms. The molecule has 0 amide bonds. The normalized spacial score (nSPS) is 29.3. The summed E-state index contributed by atoms with van der Waals surface area (Å²) in [6.45, 7) is 1.43. The number of hydrogen-bond acceptors (Lipinski definition) is 5. The summed E-state index contributed by atoms with van der Waals surface area (Å²) in [5.74, 6) is 0. The van der Waals surface area contributed by atoms with Crippen LogP contribution in [0.15, 0.2) is 0 Å². The van der Waals surface area contributed by atoms with Gasteiger partial charge in [0, 0.05) is 6.92 Å². The van der Waals surface area contributed by atoms with Gasteiger partial charge in [-0.25, -0.2) is 0 Å². The molecule has 0 aliphatic heterocycles. The van der Waals surface area contributed by atoms with Crippen molar-refractivity contribution in [3.8, 4) is 6.07 Å². The summed E-state index contributed by atoms with van der Waals surface area (Å²) < 4.78 is 0. The van der Waals surface area contributed by atoms with Gasteiger partial charge < -0.3 is 20.4 Å². The third-order valence-electron chi connectivity index (χ3n) is 3.39. The number of rotatable bonds is 0. The van der Waals surface area contributed by atoms with Crippen LogP contribution in [-0.2, 0) is 0 Å². The van der Waals surface area contributed by atoms with Gasteiger partial charge in [-0.3, -0.25) is 0 Å². The molecule has 2 aliphatic carbocycles. The van der Waals surface area contributed by atoms with Crippen molar-refractivity contribution in [2.24, 2.45) is 0 Å². The van der Waals surface area contributed by atoms with E-state index in [1.54, 1.807) is 6.07 Å². The first-order valence-corrected chi connectivity index (χ1v) is 7.06. The van der Waals surface area contributed by atoms with Gasteiger partial charge in [0.05, 0.1) is 30.5 Å². The van der Waals surface area contributed by atoms with E-state index >= 15 is 0 Å². The summed E-state index contributed by atoms with van der Waals surface area (Å²) in [6, 6.07) is 1.75. The Balaban J connectivity index is -0.000000112. The predicted molar refractivity (Wildman–Crippen MR) is 95.3 cm³/mol. The van der Waals surface area contributed by atoms with Crippen molar-refractivity contribution >= 4 is 48.5 Å². The van der Waals surface area contributed by atoms with Crippen LogP contribution in [0.5, 0.6) is 0 Å². The van der Waals surface area contributed by atoms with Gasteiger partial charge in [-0.05, 0) is 25.7 Å². The molecule has 22 heavy (non-hydrogen) atoms. The summed E-state index contributed by atoms with van der Waals surface area (Å²) in [5.41, 5.74) is 0. The predicted octanol–water partition coefficient (Wildman–Crippen LogP) is 1.02. The van der Waals surface area contributed by atoms with Crippen LogP contribution >= 0.6 is 24.8 Å². The average Bonchev–Trinajstić information content (AvgIpc) is 2.38. The minimum absolute atomic E-state index is 0. The molecule has 2 fully saturated rings. The van der Waals surface area contributed by atoms with Gasteiger partial charge in [-0.15, -0.1) is 24.8 Å². The van der Waals surface area contributed by atoms with E-state index in [1.165, 1.54) is 6.92 Å². The Bertz CT molecular complexity index is 230. The number of nitriles is 1. The van der Waals surface area contributed by atoms with E-state index in [9.17, 15) is 0 Å².